The van der Waals surface area contributed by atoms with Gasteiger partial charge in [-0.15, -0.1) is 0 Å². The van der Waals surface area contributed by atoms with Crippen LogP contribution in [0.25, 0.3) is 0 Å². The molecule has 1 aromatic heterocycles. The molecule has 0 atom stereocenters. The maximum absolute atomic E-state index is 12.6. The van der Waals surface area contributed by atoms with Crippen LogP contribution < -0.4 is 10.5 Å². The predicted molar refractivity (Wildman–Crippen MR) is 83.0 cm³/mol. The Morgan fingerprint density at radius 1 is 1.33 bits per heavy atom. The molecule has 21 heavy (non-hydrogen) atoms. The number of sulfonamides is 1. The zero-order valence-corrected chi connectivity index (χ0v) is 13.4. The summed E-state index contributed by atoms with van der Waals surface area (Å²) in [5, 5.41) is 4.55. The van der Waals surface area contributed by atoms with Crippen LogP contribution in [0.5, 0.6) is 0 Å². The molecule has 0 saturated heterocycles. The third-order valence-electron chi connectivity index (χ3n) is 3.04. The second-order valence-electron chi connectivity index (χ2n) is 4.60. The molecular formula is C13H17ClN4O2S. The Balaban J connectivity index is 2.43. The van der Waals surface area contributed by atoms with E-state index >= 15 is 0 Å². The maximum Gasteiger partial charge on any atom is 0.265 e. The van der Waals surface area contributed by atoms with Crippen molar-refractivity contribution < 1.29 is 8.42 Å². The first-order valence-electron chi connectivity index (χ1n) is 6.38. The minimum absolute atomic E-state index is 0.163. The van der Waals surface area contributed by atoms with Crippen LogP contribution in [0.15, 0.2) is 29.2 Å². The summed E-state index contributed by atoms with van der Waals surface area (Å²) in [6.07, 6.45) is 0. The molecular weight excluding hydrogens is 312 g/mol. The zero-order chi connectivity index (χ0) is 15.6. The summed E-state index contributed by atoms with van der Waals surface area (Å²) in [7, 11) is -3.75. The quantitative estimate of drug-likeness (QED) is 0.877. The van der Waals surface area contributed by atoms with Crippen LogP contribution in [0.1, 0.15) is 11.4 Å². The highest BCUT2D eigenvalue weighted by atomic mass is 35.5. The van der Waals surface area contributed by atoms with E-state index in [-0.39, 0.29) is 4.90 Å². The van der Waals surface area contributed by atoms with Crippen LogP contribution in [0.2, 0.25) is 5.02 Å². The number of nitrogens with two attached hydrogens (primary N) is 1. The second kappa shape index (κ2) is 6.05. The molecule has 0 bridgehead atoms. The van der Waals surface area contributed by atoms with Crippen LogP contribution in [-0.2, 0) is 16.6 Å². The number of hydrogen-bond acceptors (Lipinski definition) is 4. The van der Waals surface area contributed by atoms with Gasteiger partial charge in [0.15, 0.2) is 0 Å². The van der Waals surface area contributed by atoms with Crippen molar-refractivity contribution in [3.05, 3.63) is 40.7 Å². The van der Waals surface area contributed by atoms with E-state index in [0.29, 0.717) is 35.2 Å². The number of aromatic nitrogens is 2. The summed E-state index contributed by atoms with van der Waals surface area (Å²) >= 11 is 5.99. The molecule has 1 aromatic carbocycles. The lowest BCUT2D eigenvalue weighted by molar-refractivity contribution is 0.593. The fourth-order valence-electron chi connectivity index (χ4n) is 2.15. The third kappa shape index (κ3) is 3.20. The van der Waals surface area contributed by atoms with Crippen molar-refractivity contribution in [2.75, 3.05) is 11.3 Å². The van der Waals surface area contributed by atoms with E-state index in [9.17, 15) is 8.42 Å². The molecule has 2 rings (SSSR count). The highest BCUT2D eigenvalue weighted by molar-refractivity contribution is 7.92. The highest BCUT2D eigenvalue weighted by Gasteiger charge is 2.25. The maximum atomic E-state index is 12.6. The molecule has 2 aromatic rings. The van der Waals surface area contributed by atoms with Gasteiger partial charge >= 0.3 is 0 Å². The average Bonchev–Trinajstić information content (AvgIpc) is 2.68. The van der Waals surface area contributed by atoms with Gasteiger partial charge in [0.1, 0.15) is 4.90 Å². The lowest BCUT2D eigenvalue weighted by Crippen LogP contribution is -2.16. The molecule has 1 heterocycles. The minimum atomic E-state index is -3.75. The Morgan fingerprint density at radius 3 is 2.62 bits per heavy atom. The Labute approximate surface area is 129 Å². The smallest absolute Gasteiger partial charge is 0.265 e. The number of rotatable bonds is 5. The largest absolute Gasteiger partial charge is 0.329 e. The van der Waals surface area contributed by atoms with Gasteiger partial charge in [-0.25, -0.2) is 8.42 Å². The van der Waals surface area contributed by atoms with E-state index in [4.69, 9.17) is 17.3 Å². The Hall–Kier alpha value is -1.57. The Morgan fingerprint density at radius 2 is 2.00 bits per heavy atom. The average molecular weight is 329 g/mol. The van der Waals surface area contributed by atoms with Crippen molar-refractivity contribution >= 4 is 27.3 Å². The molecule has 0 aliphatic rings. The van der Waals surface area contributed by atoms with Gasteiger partial charge < -0.3 is 5.73 Å². The van der Waals surface area contributed by atoms with Crippen LogP contribution >= 0.6 is 11.6 Å². The van der Waals surface area contributed by atoms with Gasteiger partial charge in [-0.1, -0.05) is 23.7 Å². The summed E-state index contributed by atoms with van der Waals surface area (Å²) in [5.74, 6) is 0. The van der Waals surface area contributed by atoms with Crippen molar-refractivity contribution in [1.29, 1.82) is 0 Å². The van der Waals surface area contributed by atoms with Crippen molar-refractivity contribution in [1.82, 2.24) is 9.78 Å². The summed E-state index contributed by atoms with van der Waals surface area (Å²) in [5.41, 5.74) is 6.82. The molecule has 0 saturated carbocycles. The SMILES string of the molecule is Cc1nn(CCN)c(C)c1S(=O)(=O)Nc1ccccc1Cl. The van der Waals surface area contributed by atoms with Crippen LogP contribution in [-0.4, -0.2) is 24.7 Å². The molecule has 0 aliphatic heterocycles. The predicted octanol–water partition coefficient (Wildman–Crippen LogP) is 1.91. The van der Waals surface area contributed by atoms with Crippen molar-refractivity contribution in [3.63, 3.8) is 0 Å². The van der Waals surface area contributed by atoms with Gasteiger partial charge in [-0.05, 0) is 26.0 Å². The molecule has 114 valence electrons. The highest BCUT2D eigenvalue weighted by Crippen LogP contribution is 2.26. The van der Waals surface area contributed by atoms with E-state index in [1.807, 2.05) is 0 Å². The van der Waals surface area contributed by atoms with E-state index in [2.05, 4.69) is 9.82 Å². The second-order valence-corrected chi connectivity index (χ2v) is 6.62. The number of halogens is 1. The summed E-state index contributed by atoms with van der Waals surface area (Å²) < 4.78 is 29.2. The first-order chi connectivity index (χ1) is 9.86. The Bertz CT molecular complexity index is 756. The van der Waals surface area contributed by atoms with Crippen LogP contribution in [0.4, 0.5) is 5.69 Å². The van der Waals surface area contributed by atoms with Crippen molar-refractivity contribution in [2.45, 2.75) is 25.3 Å². The monoisotopic (exact) mass is 328 g/mol. The molecule has 0 unspecified atom stereocenters. The van der Waals surface area contributed by atoms with Crippen molar-refractivity contribution in [2.24, 2.45) is 5.73 Å². The van der Waals surface area contributed by atoms with E-state index in [1.54, 1.807) is 42.8 Å². The number of nitrogens with zero attached hydrogens (tertiary/aromatic N) is 2. The topological polar surface area (TPSA) is 90.0 Å². The number of hydrogen-bond donors (Lipinski definition) is 2. The fraction of sp³-hybridized carbons (Fsp3) is 0.308. The number of anilines is 1. The minimum Gasteiger partial charge on any atom is -0.329 e. The van der Waals surface area contributed by atoms with Gasteiger partial charge in [0.2, 0.25) is 0 Å². The number of nitrogens with one attached hydrogen (secondary N) is 1. The standard InChI is InChI=1S/C13H17ClN4O2S/c1-9-13(10(2)18(16-9)8-7-15)21(19,20)17-12-6-4-3-5-11(12)14/h3-6,17H,7-8,15H2,1-2H3. The van der Waals surface area contributed by atoms with E-state index < -0.39 is 10.0 Å². The first kappa shape index (κ1) is 15.8. The first-order valence-corrected chi connectivity index (χ1v) is 8.24. The normalized spacial score (nSPS) is 11.6. The lowest BCUT2D eigenvalue weighted by Gasteiger charge is -2.10. The Kier molecular flexibility index (Phi) is 4.55. The zero-order valence-electron chi connectivity index (χ0n) is 11.8. The molecule has 6 nitrogen and oxygen atoms in total. The molecule has 0 amide bonds. The van der Waals surface area contributed by atoms with Crippen LogP contribution in [0, 0.1) is 13.8 Å². The lowest BCUT2D eigenvalue weighted by atomic mass is 10.3. The van der Waals surface area contributed by atoms with Gasteiger partial charge in [-0.3, -0.25) is 9.40 Å². The summed E-state index contributed by atoms with van der Waals surface area (Å²) in [6.45, 7) is 4.21. The third-order valence-corrected chi connectivity index (χ3v) is 4.99. The molecule has 8 heteroatoms. The van der Waals surface area contributed by atoms with E-state index in [0.717, 1.165) is 0 Å². The number of benzene rings is 1. The van der Waals surface area contributed by atoms with Gasteiger partial charge in [0.05, 0.1) is 28.6 Å². The molecule has 3 N–H and O–H groups in total. The van der Waals surface area contributed by atoms with Gasteiger partial charge in [-0.2, -0.15) is 5.10 Å². The van der Waals surface area contributed by atoms with Gasteiger partial charge in [0, 0.05) is 6.54 Å². The van der Waals surface area contributed by atoms with E-state index in [1.165, 1.54) is 0 Å². The fourth-order valence-corrected chi connectivity index (χ4v) is 3.88. The number of para-hydroxylation sites is 1. The van der Waals surface area contributed by atoms with Gasteiger partial charge in [0.25, 0.3) is 10.0 Å². The molecule has 0 spiro atoms. The molecule has 0 fully saturated rings. The summed E-state index contributed by atoms with van der Waals surface area (Å²) in [6, 6.07) is 6.67. The number of aryl methyl sites for hydroxylation is 1. The van der Waals surface area contributed by atoms with Crippen LogP contribution in [0.3, 0.4) is 0 Å². The molecule has 0 radical (unpaired) electrons. The molecule has 0 aliphatic carbocycles. The summed E-state index contributed by atoms with van der Waals surface area (Å²) in [4.78, 5) is 0.163. The van der Waals surface area contributed by atoms with Crippen molar-refractivity contribution in [3.8, 4) is 0 Å².